The predicted octanol–water partition coefficient (Wildman–Crippen LogP) is 21.2. The van der Waals surface area contributed by atoms with E-state index >= 15 is 0 Å². The summed E-state index contributed by atoms with van der Waals surface area (Å²) in [5.41, 5.74) is 10.7. The zero-order chi connectivity index (χ0) is 77.9. The molecular weight excluding hydrogens is 1630 g/mol. The van der Waals surface area contributed by atoms with Crippen LogP contribution in [0.4, 0.5) is 0 Å². The first kappa shape index (κ1) is 85.1. The quantitative estimate of drug-likeness (QED) is 0.0397. The molecule has 14 nitrogen and oxygen atoms in total. The minimum Gasteiger partial charge on any atom is -0.399 e. The Balaban J connectivity index is 0.000000187. The predicted molar refractivity (Wildman–Crippen MR) is 448 cm³/mol. The van der Waals surface area contributed by atoms with Crippen LogP contribution < -0.4 is 10.9 Å². The van der Waals surface area contributed by atoms with Crippen LogP contribution in [0.25, 0.3) is 22.3 Å². The number of hydrogen-bond acceptors (Lipinski definition) is 14. The number of halogens is 4. The van der Waals surface area contributed by atoms with E-state index in [1.54, 1.807) is 35.5 Å². The number of methoxy groups -OCH3 is 5. The van der Waals surface area contributed by atoms with Crippen LogP contribution in [0, 0.1) is 0 Å². The Morgan fingerprint density at radius 2 is 0.422 bits per heavy atom. The maximum absolute atomic E-state index is 6.54. The lowest BCUT2D eigenvalue weighted by molar-refractivity contribution is -0.203. The summed E-state index contributed by atoms with van der Waals surface area (Å²) < 4.78 is 87.4. The first-order valence-electron chi connectivity index (χ1n) is 37.9. The van der Waals surface area contributed by atoms with E-state index in [0.29, 0.717) is 0 Å². The second kappa shape index (κ2) is 36.4. The Morgan fingerprint density at radius 3 is 0.624 bits per heavy atom. The normalized spacial score (nSPS) is 25.4. The molecule has 0 amide bonds. The molecule has 3 saturated carbocycles. The molecule has 2 aliphatic heterocycles. The molecule has 0 bridgehead atoms. The molecule has 8 aromatic carbocycles. The van der Waals surface area contributed by atoms with Gasteiger partial charge < -0.3 is 66.0 Å². The fourth-order valence-electron chi connectivity index (χ4n) is 15.7. The minimum atomic E-state index is -0.482. The van der Waals surface area contributed by atoms with E-state index in [4.69, 9.17) is 66.0 Å². The summed E-state index contributed by atoms with van der Waals surface area (Å²) >= 11 is 14.2. The number of benzene rings is 8. The fourth-order valence-corrected chi connectivity index (χ4v) is 16.8. The van der Waals surface area contributed by atoms with Gasteiger partial charge in [-0.05, 0) is 253 Å². The third kappa shape index (κ3) is 19.6. The molecule has 13 rings (SSSR count). The largest absolute Gasteiger partial charge is 0.494 e. The van der Waals surface area contributed by atoms with Gasteiger partial charge in [-0.3, -0.25) is 0 Å². The van der Waals surface area contributed by atoms with Crippen molar-refractivity contribution in [3.63, 3.8) is 0 Å². The molecule has 0 unspecified atom stereocenters. The zero-order valence-corrected chi connectivity index (χ0v) is 72.2. The summed E-state index contributed by atoms with van der Waals surface area (Å²) in [6.45, 7) is 20.1. The highest BCUT2D eigenvalue weighted by Gasteiger charge is 2.54. The van der Waals surface area contributed by atoms with Crippen molar-refractivity contribution in [3.05, 3.63) is 245 Å². The Labute approximate surface area is 682 Å². The van der Waals surface area contributed by atoms with Gasteiger partial charge in [0.05, 0.1) is 50.4 Å². The highest BCUT2D eigenvalue weighted by molar-refractivity contribution is 9.11. The second-order valence-electron chi connectivity index (χ2n) is 31.9. The number of rotatable bonds is 25. The van der Waals surface area contributed by atoms with E-state index in [2.05, 4.69) is 296 Å². The van der Waals surface area contributed by atoms with Crippen LogP contribution in [-0.2, 0) is 99.4 Å². The van der Waals surface area contributed by atoms with Gasteiger partial charge in [0.1, 0.15) is 34.0 Å². The molecule has 3 aliphatic carbocycles. The van der Waals surface area contributed by atoms with Crippen molar-refractivity contribution in [1.29, 1.82) is 0 Å². The molecule has 5 fully saturated rings. The molecule has 2 heterocycles. The van der Waals surface area contributed by atoms with Crippen LogP contribution in [0.2, 0.25) is 0 Å². The smallest absolute Gasteiger partial charge is 0.399 e. The van der Waals surface area contributed by atoms with Crippen LogP contribution in [0.15, 0.2) is 212 Å². The second-order valence-corrected chi connectivity index (χ2v) is 35.6. The molecule has 0 N–H and O–H groups in total. The topological polar surface area (TPSA) is 129 Å². The summed E-state index contributed by atoms with van der Waals surface area (Å²) in [4.78, 5) is 0. The van der Waals surface area contributed by atoms with Crippen molar-refractivity contribution in [3.8, 4) is 22.3 Å². The van der Waals surface area contributed by atoms with E-state index < -0.39 is 11.2 Å². The van der Waals surface area contributed by atoms with E-state index in [1.165, 1.54) is 38.9 Å². The Hall–Kier alpha value is -4.75. The molecule has 0 aromatic heterocycles. The SMILES string of the molecule is CC1(C)OB(c2ccc(B3OC(C)(C)C(C)(C)O3)cc2)OC1(C)C.COCOC1(c2ccc(-c3ccc(-c4ccc(C5(OCOC)CCC(OCOC)(c6ccc(Br)cc6)CC5)cc4)cc3)cc2)CCC(C)(c2ccc(Br)cc2)CC1.COCOC1(c2ccc(Br)cc2)CCC(OCOC)(c2ccc(Br)cc2)CC1. The molecular formula is C89H108B2Br4O14. The molecule has 0 spiro atoms. The van der Waals surface area contributed by atoms with Gasteiger partial charge in [-0.1, -0.05) is 216 Å². The van der Waals surface area contributed by atoms with Gasteiger partial charge in [0.2, 0.25) is 0 Å². The lowest BCUT2D eigenvalue weighted by Gasteiger charge is -2.46. The third-order valence-electron chi connectivity index (χ3n) is 24.2. The summed E-state index contributed by atoms with van der Waals surface area (Å²) in [7, 11) is 7.67. The lowest BCUT2D eigenvalue weighted by atomic mass is 9.65. The van der Waals surface area contributed by atoms with E-state index in [1.807, 2.05) is 24.3 Å². The minimum absolute atomic E-state index is 0.116. The Morgan fingerprint density at radius 1 is 0.248 bits per heavy atom. The van der Waals surface area contributed by atoms with Crippen molar-refractivity contribution in [2.45, 2.75) is 195 Å². The number of ether oxygens (including phenoxy) is 10. The fraction of sp³-hybridized carbons (Fsp3) is 0.461. The highest BCUT2D eigenvalue weighted by Crippen LogP contribution is 2.54. The van der Waals surface area contributed by atoms with Crippen LogP contribution in [0.5, 0.6) is 0 Å². The first-order chi connectivity index (χ1) is 52.0. The van der Waals surface area contributed by atoms with Crippen LogP contribution >= 0.6 is 63.7 Å². The first-order valence-corrected chi connectivity index (χ1v) is 41.0. The number of hydrogen-bond donors (Lipinski definition) is 0. The van der Waals surface area contributed by atoms with Gasteiger partial charge in [-0.2, -0.15) is 0 Å². The van der Waals surface area contributed by atoms with E-state index in [0.717, 1.165) is 123 Å². The molecule has 2 saturated heterocycles. The van der Waals surface area contributed by atoms with Gasteiger partial charge in [0, 0.05) is 53.4 Å². The standard InChI is InChI=1S/C49H54Br2O6.C22H26Br2O4.C18H28B2O4/c1-46(40-17-21-44(50)22-18-40)25-27-47(28-26-46,55-33-52-2)41-13-9-38(10-14-41)36-5-7-37(8-6-36)39-11-15-42(16-12-39)48(56-34-53-3)29-31-49(32-30-48,57-35-54-4)43-19-23-45(51)24-20-43;1-25-15-27-21(17-3-7-19(23)8-4-17)11-13-22(14-12-21,28-16-26-2)18-5-9-20(24)10-6-18;1-15(2)16(3,4)22-19(21-15)13-9-11-14(12-10-13)20-23-17(5,6)18(7,8)24-20/h5-24H,25-35H2,1-4H3;3-10H,11-16H2,1-2H3;9-12H,1-8H3. The maximum Gasteiger partial charge on any atom is 0.494 e. The van der Waals surface area contributed by atoms with Gasteiger partial charge in [-0.25, -0.2) is 0 Å². The van der Waals surface area contributed by atoms with Gasteiger partial charge in [0.15, 0.2) is 0 Å². The highest BCUT2D eigenvalue weighted by atomic mass is 79.9. The van der Waals surface area contributed by atoms with Crippen LogP contribution in [-0.4, -0.2) is 106 Å². The summed E-state index contributed by atoms with van der Waals surface area (Å²) in [5.74, 6) is 0. The van der Waals surface area contributed by atoms with Gasteiger partial charge in [-0.15, -0.1) is 0 Å². The summed E-state index contributed by atoms with van der Waals surface area (Å²) in [6, 6.07) is 68.8. The Bertz CT molecular complexity index is 4010. The average molecular weight is 1740 g/mol. The molecule has 0 radical (unpaired) electrons. The maximum atomic E-state index is 6.54. The molecule has 582 valence electrons. The average Bonchev–Trinajstić information content (AvgIpc) is 1.47. The molecule has 8 aromatic rings. The summed E-state index contributed by atoms with van der Waals surface area (Å²) in [5, 5.41) is 0. The molecule has 109 heavy (non-hydrogen) atoms. The van der Waals surface area contributed by atoms with E-state index in [9.17, 15) is 0 Å². The monoisotopic (exact) mass is 1740 g/mol. The van der Waals surface area contributed by atoms with Crippen molar-refractivity contribution < 1.29 is 66.0 Å². The van der Waals surface area contributed by atoms with Crippen molar-refractivity contribution in [2.75, 3.05) is 69.5 Å². The molecule has 0 atom stereocenters. The van der Waals surface area contributed by atoms with Crippen molar-refractivity contribution in [2.24, 2.45) is 0 Å². The van der Waals surface area contributed by atoms with E-state index in [-0.39, 0.29) is 92.8 Å². The van der Waals surface area contributed by atoms with Gasteiger partial charge >= 0.3 is 14.2 Å². The zero-order valence-electron chi connectivity index (χ0n) is 65.9. The Kier molecular flexibility index (Phi) is 28.4. The van der Waals surface area contributed by atoms with Crippen LogP contribution in [0.1, 0.15) is 173 Å². The van der Waals surface area contributed by atoms with Crippen molar-refractivity contribution in [1.82, 2.24) is 0 Å². The summed E-state index contributed by atoms with van der Waals surface area (Å²) in [6.07, 6.45) is 10.4. The third-order valence-corrected chi connectivity index (χ3v) is 26.3. The molecule has 5 aliphatic rings. The lowest BCUT2D eigenvalue weighted by Crippen LogP contribution is -2.43. The van der Waals surface area contributed by atoms with Crippen molar-refractivity contribution >= 4 is 88.9 Å². The molecule has 20 heteroatoms. The van der Waals surface area contributed by atoms with Gasteiger partial charge in [0.25, 0.3) is 0 Å². The van der Waals surface area contributed by atoms with Crippen LogP contribution in [0.3, 0.4) is 0 Å².